The third-order valence-corrected chi connectivity index (χ3v) is 2.93. The normalized spacial score (nSPS) is 15.9. The number of carbonyl (C=O) groups excluding carboxylic acids is 2. The molecule has 1 fully saturated rings. The highest BCUT2D eigenvalue weighted by molar-refractivity contribution is 9.10. The molecule has 1 saturated heterocycles. The maximum absolute atomic E-state index is 11.4. The molecule has 0 aliphatic carbocycles. The molecule has 1 aromatic rings. The number of rotatable bonds is 4. The van der Waals surface area contributed by atoms with E-state index in [9.17, 15) is 9.59 Å². The van der Waals surface area contributed by atoms with Gasteiger partial charge in [0.15, 0.2) is 0 Å². The van der Waals surface area contributed by atoms with Crippen molar-refractivity contribution in [3.8, 4) is 5.75 Å². The van der Waals surface area contributed by atoms with Gasteiger partial charge in [0.1, 0.15) is 25.6 Å². The van der Waals surface area contributed by atoms with Crippen molar-refractivity contribution in [3.05, 3.63) is 28.7 Å². The summed E-state index contributed by atoms with van der Waals surface area (Å²) in [5, 5.41) is 0. The van der Waals surface area contributed by atoms with Crippen LogP contribution in [0.1, 0.15) is 0 Å². The van der Waals surface area contributed by atoms with Crippen LogP contribution in [0.2, 0.25) is 0 Å². The molecule has 0 bridgehead atoms. The summed E-state index contributed by atoms with van der Waals surface area (Å²) >= 11 is 3.33. The number of nitrogens with zero attached hydrogens (tertiary/aromatic N) is 1. The summed E-state index contributed by atoms with van der Waals surface area (Å²) < 4.78 is 11.2. The van der Waals surface area contributed by atoms with Crippen molar-refractivity contribution in [2.45, 2.75) is 0 Å². The molecule has 0 atom stereocenters. The highest BCUT2D eigenvalue weighted by Crippen LogP contribution is 2.17. The highest BCUT2D eigenvalue weighted by Gasteiger charge is 2.26. The lowest BCUT2D eigenvalue weighted by molar-refractivity contribution is -0.158. The van der Waals surface area contributed by atoms with Gasteiger partial charge in [-0.05, 0) is 18.2 Å². The van der Waals surface area contributed by atoms with Crippen LogP contribution in [-0.4, -0.2) is 43.1 Å². The summed E-state index contributed by atoms with van der Waals surface area (Å²) in [6.45, 7) is 0.437. The number of carbonyl (C=O) groups is 2. The van der Waals surface area contributed by atoms with Crippen LogP contribution in [0.3, 0.4) is 0 Å². The zero-order chi connectivity index (χ0) is 13.0. The van der Waals surface area contributed by atoms with Gasteiger partial charge in [0, 0.05) is 4.47 Å². The van der Waals surface area contributed by atoms with E-state index in [2.05, 4.69) is 15.9 Å². The Balaban J connectivity index is 1.84. The standard InChI is InChI=1S/C12H12BrNO4/c13-9-2-1-3-10(6-9)18-5-4-14-11(15)7-17-8-12(14)16/h1-3,6H,4-5,7-8H2. The zero-order valence-electron chi connectivity index (χ0n) is 9.60. The van der Waals surface area contributed by atoms with Gasteiger partial charge >= 0.3 is 0 Å². The van der Waals surface area contributed by atoms with Gasteiger partial charge < -0.3 is 9.47 Å². The van der Waals surface area contributed by atoms with E-state index in [1.54, 1.807) is 0 Å². The molecule has 0 unspecified atom stereocenters. The van der Waals surface area contributed by atoms with Gasteiger partial charge in [-0.15, -0.1) is 0 Å². The Bertz CT molecular complexity index is 447. The molecule has 2 amide bonds. The summed E-state index contributed by atoms with van der Waals surface area (Å²) in [7, 11) is 0. The Morgan fingerprint density at radius 3 is 2.67 bits per heavy atom. The quantitative estimate of drug-likeness (QED) is 0.784. The molecular weight excluding hydrogens is 302 g/mol. The number of hydrogen-bond acceptors (Lipinski definition) is 4. The molecule has 1 aliphatic rings. The molecule has 0 N–H and O–H groups in total. The molecule has 0 saturated carbocycles. The lowest BCUT2D eigenvalue weighted by atomic mass is 10.3. The minimum Gasteiger partial charge on any atom is -0.492 e. The van der Waals surface area contributed by atoms with E-state index >= 15 is 0 Å². The van der Waals surface area contributed by atoms with E-state index in [0.29, 0.717) is 5.75 Å². The fraction of sp³-hybridized carbons (Fsp3) is 0.333. The topological polar surface area (TPSA) is 55.8 Å². The molecule has 0 radical (unpaired) electrons. The molecule has 2 rings (SSSR count). The fourth-order valence-electron chi connectivity index (χ4n) is 1.58. The van der Waals surface area contributed by atoms with Crippen molar-refractivity contribution < 1.29 is 19.1 Å². The fourth-order valence-corrected chi connectivity index (χ4v) is 1.96. The number of hydrogen-bond donors (Lipinski definition) is 0. The molecular formula is C12H12BrNO4. The molecule has 18 heavy (non-hydrogen) atoms. The van der Waals surface area contributed by atoms with Crippen LogP contribution in [0.4, 0.5) is 0 Å². The first-order valence-electron chi connectivity index (χ1n) is 5.46. The maximum Gasteiger partial charge on any atom is 0.255 e. The second-order valence-electron chi connectivity index (χ2n) is 3.74. The number of benzene rings is 1. The molecule has 5 nitrogen and oxygen atoms in total. The van der Waals surface area contributed by atoms with Gasteiger partial charge in [-0.2, -0.15) is 0 Å². The molecule has 6 heteroatoms. The van der Waals surface area contributed by atoms with E-state index in [1.165, 1.54) is 4.90 Å². The largest absolute Gasteiger partial charge is 0.492 e. The minimum absolute atomic E-state index is 0.0391. The van der Waals surface area contributed by atoms with Crippen molar-refractivity contribution >= 4 is 27.7 Å². The van der Waals surface area contributed by atoms with Gasteiger partial charge in [0.25, 0.3) is 11.8 Å². The predicted octanol–water partition coefficient (Wildman–Crippen LogP) is 1.21. The second kappa shape index (κ2) is 5.97. The third-order valence-electron chi connectivity index (χ3n) is 2.43. The maximum atomic E-state index is 11.4. The van der Waals surface area contributed by atoms with Crippen LogP contribution in [0.25, 0.3) is 0 Å². The summed E-state index contributed by atoms with van der Waals surface area (Å²) in [6.07, 6.45) is 0. The first kappa shape index (κ1) is 13.0. The first-order valence-corrected chi connectivity index (χ1v) is 6.25. The average Bonchev–Trinajstić information content (AvgIpc) is 2.33. The van der Waals surface area contributed by atoms with Crippen molar-refractivity contribution in [1.29, 1.82) is 0 Å². The van der Waals surface area contributed by atoms with Gasteiger partial charge in [-0.1, -0.05) is 22.0 Å². The monoisotopic (exact) mass is 313 g/mol. The summed E-state index contributed by atoms with van der Waals surface area (Å²) in [5.41, 5.74) is 0. The van der Waals surface area contributed by atoms with Crippen molar-refractivity contribution in [3.63, 3.8) is 0 Å². The van der Waals surface area contributed by atoms with Crippen LogP contribution in [0.15, 0.2) is 28.7 Å². The van der Waals surface area contributed by atoms with E-state index in [4.69, 9.17) is 9.47 Å². The number of imide groups is 1. The van der Waals surface area contributed by atoms with Crippen LogP contribution in [0, 0.1) is 0 Å². The zero-order valence-corrected chi connectivity index (χ0v) is 11.2. The van der Waals surface area contributed by atoms with Gasteiger partial charge in [-0.3, -0.25) is 14.5 Å². The Hall–Kier alpha value is -1.40. The molecule has 1 aliphatic heterocycles. The Morgan fingerprint density at radius 1 is 1.28 bits per heavy atom. The molecule has 96 valence electrons. The van der Waals surface area contributed by atoms with E-state index in [-0.39, 0.29) is 38.2 Å². The van der Waals surface area contributed by atoms with Crippen molar-refractivity contribution in [2.24, 2.45) is 0 Å². The molecule has 1 aromatic carbocycles. The summed E-state index contributed by atoms with van der Waals surface area (Å²) in [4.78, 5) is 24.0. The smallest absolute Gasteiger partial charge is 0.255 e. The van der Waals surface area contributed by atoms with E-state index in [0.717, 1.165) is 4.47 Å². The van der Waals surface area contributed by atoms with Crippen LogP contribution in [0.5, 0.6) is 5.75 Å². The minimum atomic E-state index is -0.316. The number of morpholine rings is 1. The van der Waals surface area contributed by atoms with E-state index in [1.807, 2.05) is 24.3 Å². The molecule has 0 aromatic heterocycles. The Kier molecular flexibility index (Phi) is 4.33. The van der Waals surface area contributed by atoms with Crippen molar-refractivity contribution in [1.82, 2.24) is 4.90 Å². The van der Waals surface area contributed by atoms with Gasteiger partial charge in [0.05, 0.1) is 6.54 Å². The molecule has 0 spiro atoms. The number of amides is 2. The summed E-state index contributed by atoms with van der Waals surface area (Å²) in [6, 6.07) is 7.38. The first-order chi connectivity index (χ1) is 8.66. The van der Waals surface area contributed by atoms with Crippen LogP contribution in [-0.2, 0) is 14.3 Å². The van der Waals surface area contributed by atoms with E-state index < -0.39 is 0 Å². The predicted molar refractivity (Wildman–Crippen MR) is 67.2 cm³/mol. The Labute approximate surface area is 113 Å². The SMILES string of the molecule is O=C1COCC(=O)N1CCOc1cccc(Br)c1. The Morgan fingerprint density at radius 2 is 2.00 bits per heavy atom. The van der Waals surface area contributed by atoms with Crippen LogP contribution < -0.4 is 4.74 Å². The number of halogens is 1. The van der Waals surface area contributed by atoms with Gasteiger partial charge in [-0.25, -0.2) is 0 Å². The van der Waals surface area contributed by atoms with Crippen LogP contribution >= 0.6 is 15.9 Å². The third kappa shape index (κ3) is 3.30. The highest BCUT2D eigenvalue weighted by atomic mass is 79.9. The van der Waals surface area contributed by atoms with Crippen molar-refractivity contribution in [2.75, 3.05) is 26.4 Å². The number of ether oxygens (including phenoxy) is 2. The lowest BCUT2D eigenvalue weighted by Gasteiger charge is -2.24. The van der Waals surface area contributed by atoms with Gasteiger partial charge in [0.2, 0.25) is 0 Å². The summed E-state index contributed by atoms with van der Waals surface area (Å²) in [5.74, 6) is 0.0608. The lowest BCUT2D eigenvalue weighted by Crippen LogP contribution is -2.47. The second-order valence-corrected chi connectivity index (χ2v) is 4.65. The molecule has 1 heterocycles. The average molecular weight is 314 g/mol.